The van der Waals surface area contributed by atoms with Gasteiger partial charge in [0.25, 0.3) is 0 Å². The number of esters is 2. The molecule has 0 N–H and O–H groups in total. The normalized spacial score (nSPS) is 27.3. The molecule has 2 heterocycles. The van der Waals surface area contributed by atoms with E-state index in [1.807, 2.05) is 0 Å². The number of fused-ring (bicyclic) bond motifs is 2. The maximum atomic E-state index is 12.7. The molecule has 134 valence electrons. The van der Waals surface area contributed by atoms with E-state index >= 15 is 0 Å². The number of ether oxygens (including phenoxy) is 3. The van der Waals surface area contributed by atoms with E-state index in [4.69, 9.17) is 14.2 Å². The lowest BCUT2D eigenvalue weighted by Gasteiger charge is -2.33. The summed E-state index contributed by atoms with van der Waals surface area (Å²) in [5.41, 5.74) is -1.07. The Morgan fingerprint density at radius 3 is 2.54 bits per heavy atom. The third-order valence-electron chi connectivity index (χ3n) is 4.27. The van der Waals surface area contributed by atoms with Crippen molar-refractivity contribution in [1.29, 1.82) is 0 Å². The molecule has 0 radical (unpaired) electrons. The molecular formula is C17H25NO6. The van der Waals surface area contributed by atoms with Gasteiger partial charge in [-0.05, 0) is 46.1 Å². The van der Waals surface area contributed by atoms with Crippen LogP contribution in [0, 0.1) is 0 Å². The first-order valence-electron chi connectivity index (χ1n) is 8.12. The van der Waals surface area contributed by atoms with E-state index in [-0.39, 0.29) is 19.1 Å². The molecule has 7 heteroatoms. The van der Waals surface area contributed by atoms with Crippen LogP contribution in [0.1, 0.15) is 47.0 Å². The second-order valence-corrected chi connectivity index (χ2v) is 7.08. The molecule has 0 spiro atoms. The molecule has 2 aliphatic rings. The number of nitrogens with zero attached hydrogens (tertiary/aromatic N) is 1. The summed E-state index contributed by atoms with van der Waals surface area (Å²) in [4.78, 5) is 38.3. The van der Waals surface area contributed by atoms with Crippen molar-refractivity contribution < 1.29 is 28.6 Å². The smallest absolute Gasteiger partial charge is 0.411 e. The van der Waals surface area contributed by atoms with Crippen LogP contribution in [-0.4, -0.2) is 53.8 Å². The van der Waals surface area contributed by atoms with Gasteiger partial charge in [0.15, 0.2) is 0 Å². The summed E-state index contributed by atoms with van der Waals surface area (Å²) in [6.07, 6.45) is 2.16. The predicted molar refractivity (Wildman–Crippen MR) is 85.2 cm³/mol. The second-order valence-electron chi connectivity index (χ2n) is 7.08. The minimum absolute atomic E-state index is 0.266. The topological polar surface area (TPSA) is 82.1 Å². The predicted octanol–water partition coefficient (Wildman–Crippen LogP) is 2.19. The van der Waals surface area contributed by atoms with Gasteiger partial charge in [-0.1, -0.05) is 0 Å². The fourth-order valence-electron chi connectivity index (χ4n) is 3.46. The van der Waals surface area contributed by atoms with E-state index in [0.29, 0.717) is 18.4 Å². The Balaban J connectivity index is 2.35. The largest absolute Gasteiger partial charge is 0.467 e. The van der Waals surface area contributed by atoms with Gasteiger partial charge < -0.3 is 14.2 Å². The van der Waals surface area contributed by atoms with E-state index in [2.05, 4.69) is 0 Å². The van der Waals surface area contributed by atoms with Gasteiger partial charge in [0.1, 0.15) is 11.1 Å². The maximum absolute atomic E-state index is 12.7. The van der Waals surface area contributed by atoms with E-state index in [0.717, 1.165) is 0 Å². The standard InChI is InChI=1S/C17H25NO6/c1-6-23-13(19)9-11-10-17(14(20)22-5)8-7-12(11)18(17)15(21)24-16(2,3)4/h9,12H,6-8,10H2,1-5H3/b11-9+. The zero-order chi connectivity index (χ0) is 18.1. The summed E-state index contributed by atoms with van der Waals surface area (Å²) in [5, 5.41) is 0. The molecule has 2 bridgehead atoms. The Labute approximate surface area is 141 Å². The highest BCUT2D eigenvalue weighted by Crippen LogP contribution is 2.50. The molecule has 2 aliphatic heterocycles. The molecule has 0 aromatic rings. The Kier molecular flexibility index (Phi) is 4.92. The van der Waals surface area contributed by atoms with E-state index in [1.165, 1.54) is 18.1 Å². The van der Waals surface area contributed by atoms with Gasteiger partial charge >= 0.3 is 18.0 Å². The summed E-state index contributed by atoms with van der Waals surface area (Å²) in [5.74, 6) is -0.952. The Bertz CT molecular complexity index is 576. The minimum Gasteiger partial charge on any atom is -0.467 e. The van der Waals surface area contributed by atoms with Crippen LogP contribution >= 0.6 is 0 Å². The second kappa shape index (κ2) is 6.45. The van der Waals surface area contributed by atoms with Crippen LogP contribution in [0.4, 0.5) is 4.79 Å². The summed E-state index contributed by atoms with van der Waals surface area (Å²) >= 11 is 0. The molecule has 2 rings (SSSR count). The molecule has 0 aromatic heterocycles. The van der Waals surface area contributed by atoms with Crippen molar-refractivity contribution in [3.63, 3.8) is 0 Å². The third kappa shape index (κ3) is 3.25. The minimum atomic E-state index is -1.10. The maximum Gasteiger partial charge on any atom is 0.411 e. The van der Waals surface area contributed by atoms with Crippen LogP contribution in [0.3, 0.4) is 0 Å². The molecule has 0 aliphatic carbocycles. The number of methoxy groups -OCH3 is 1. The van der Waals surface area contributed by atoms with Gasteiger partial charge in [-0.15, -0.1) is 0 Å². The lowest BCUT2D eigenvalue weighted by Crippen LogP contribution is -2.52. The van der Waals surface area contributed by atoms with Gasteiger partial charge in [-0.25, -0.2) is 14.4 Å². The Morgan fingerprint density at radius 1 is 1.33 bits per heavy atom. The van der Waals surface area contributed by atoms with Gasteiger partial charge in [0.05, 0.1) is 19.8 Å². The zero-order valence-corrected chi connectivity index (χ0v) is 14.9. The molecule has 24 heavy (non-hydrogen) atoms. The van der Waals surface area contributed by atoms with Gasteiger partial charge in [-0.3, -0.25) is 4.90 Å². The average Bonchev–Trinajstić information content (AvgIpc) is 2.98. The zero-order valence-electron chi connectivity index (χ0n) is 14.9. The molecule has 0 saturated carbocycles. The highest BCUT2D eigenvalue weighted by atomic mass is 16.6. The first-order chi connectivity index (χ1) is 11.1. The van der Waals surface area contributed by atoms with E-state index in [9.17, 15) is 14.4 Å². The van der Waals surface area contributed by atoms with Crippen LogP contribution < -0.4 is 0 Å². The van der Waals surface area contributed by atoms with Crippen molar-refractivity contribution in [2.45, 2.75) is 64.1 Å². The fraction of sp³-hybridized carbons (Fsp3) is 0.706. The lowest BCUT2D eigenvalue weighted by atomic mass is 9.84. The number of hydrogen-bond donors (Lipinski definition) is 0. The molecule has 1 amide bonds. The van der Waals surface area contributed by atoms with Gasteiger partial charge in [0, 0.05) is 12.5 Å². The lowest BCUT2D eigenvalue weighted by molar-refractivity contribution is -0.152. The van der Waals surface area contributed by atoms with Crippen molar-refractivity contribution in [3.05, 3.63) is 11.6 Å². The molecule has 0 aromatic carbocycles. The number of hydrogen-bond acceptors (Lipinski definition) is 6. The van der Waals surface area contributed by atoms with Crippen LogP contribution in [0.5, 0.6) is 0 Å². The Morgan fingerprint density at radius 2 is 2.00 bits per heavy atom. The van der Waals surface area contributed by atoms with Gasteiger partial charge in [0.2, 0.25) is 0 Å². The number of rotatable bonds is 3. The Hall–Kier alpha value is -2.05. The van der Waals surface area contributed by atoms with Gasteiger partial charge in [-0.2, -0.15) is 0 Å². The number of carbonyl (C=O) groups excluding carboxylic acids is 3. The SMILES string of the molecule is CCOC(=O)/C=C1\CC2(C(=O)OC)CCC1N2C(=O)OC(C)(C)C. The molecular weight excluding hydrogens is 314 g/mol. The van der Waals surface area contributed by atoms with Crippen LogP contribution in [-0.2, 0) is 23.8 Å². The first-order valence-corrected chi connectivity index (χ1v) is 8.12. The molecule has 2 unspecified atom stereocenters. The number of carbonyl (C=O) groups is 3. The highest BCUT2D eigenvalue weighted by molar-refractivity contribution is 5.91. The third-order valence-corrected chi connectivity index (χ3v) is 4.27. The van der Waals surface area contributed by atoms with Crippen molar-refractivity contribution in [1.82, 2.24) is 4.90 Å². The average molecular weight is 339 g/mol. The van der Waals surface area contributed by atoms with Crippen LogP contribution in [0.25, 0.3) is 0 Å². The molecule has 2 fully saturated rings. The molecule has 2 atom stereocenters. The van der Waals surface area contributed by atoms with Crippen molar-refractivity contribution in [3.8, 4) is 0 Å². The van der Waals surface area contributed by atoms with Crippen molar-refractivity contribution in [2.24, 2.45) is 0 Å². The molecule has 2 saturated heterocycles. The van der Waals surface area contributed by atoms with E-state index in [1.54, 1.807) is 27.7 Å². The summed E-state index contributed by atoms with van der Waals surface area (Å²) in [7, 11) is 1.30. The van der Waals surface area contributed by atoms with Crippen LogP contribution in [0.15, 0.2) is 11.6 Å². The fourth-order valence-corrected chi connectivity index (χ4v) is 3.46. The highest BCUT2D eigenvalue weighted by Gasteiger charge is 2.62. The monoisotopic (exact) mass is 339 g/mol. The first kappa shape index (κ1) is 18.3. The summed E-state index contributed by atoms with van der Waals surface area (Å²) in [6.45, 7) is 7.29. The summed E-state index contributed by atoms with van der Waals surface area (Å²) < 4.78 is 15.3. The quantitative estimate of drug-likeness (QED) is 0.445. The van der Waals surface area contributed by atoms with Crippen molar-refractivity contribution >= 4 is 18.0 Å². The van der Waals surface area contributed by atoms with Crippen molar-refractivity contribution in [2.75, 3.05) is 13.7 Å². The molecule has 7 nitrogen and oxygen atoms in total. The van der Waals surface area contributed by atoms with E-state index < -0.39 is 29.2 Å². The summed E-state index contributed by atoms with van der Waals surface area (Å²) in [6, 6.07) is -0.344. The van der Waals surface area contributed by atoms with Crippen LogP contribution in [0.2, 0.25) is 0 Å². The number of amides is 1.